The molecule has 1 heterocycles. The third-order valence-corrected chi connectivity index (χ3v) is 2.57. The number of rotatable bonds is 6. The fraction of sp³-hybridized carbons (Fsp3) is 0.385. The van der Waals surface area contributed by atoms with Gasteiger partial charge in [-0.1, -0.05) is 13.0 Å². The highest BCUT2D eigenvalue weighted by Gasteiger charge is 2.09. The number of carbonyl (C=O) groups excluding carboxylic acids is 1. The smallest absolute Gasteiger partial charge is 0.246 e. The monoisotopic (exact) mass is 275 g/mol. The number of hydrogen-bond acceptors (Lipinski definition) is 5. The second-order valence-electron chi connectivity index (χ2n) is 4.40. The molecule has 0 atom stereocenters. The zero-order valence-electron chi connectivity index (χ0n) is 11.5. The Morgan fingerprint density at radius 1 is 1.45 bits per heavy atom. The van der Waals surface area contributed by atoms with E-state index in [1.54, 1.807) is 0 Å². The summed E-state index contributed by atoms with van der Waals surface area (Å²) in [6, 6.07) is 5.66. The summed E-state index contributed by atoms with van der Waals surface area (Å²) in [5.41, 5.74) is 1.73. The van der Waals surface area contributed by atoms with Gasteiger partial charge in [0.1, 0.15) is 18.6 Å². The lowest BCUT2D eigenvalue weighted by Gasteiger charge is -2.12. The second kappa shape index (κ2) is 6.65. The summed E-state index contributed by atoms with van der Waals surface area (Å²) in [7, 11) is 0. The second-order valence-corrected chi connectivity index (χ2v) is 4.40. The number of amides is 1. The molecule has 0 aliphatic rings. The van der Waals surface area contributed by atoms with Crippen molar-refractivity contribution in [2.45, 2.75) is 26.8 Å². The van der Waals surface area contributed by atoms with Gasteiger partial charge in [-0.05, 0) is 41.5 Å². The average molecular weight is 275 g/mol. The van der Waals surface area contributed by atoms with Gasteiger partial charge in [0.05, 0.1) is 12.3 Å². The molecular formula is C13H17N5O2. The zero-order chi connectivity index (χ0) is 14.4. The van der Waals surface area contributed by atoms with Crippen molar-refractivity contribution in [2.75, 3.05) is 11.9 Å². The molecule has 1 N–H and O–H groups in total. The first-order valence-corrected chi connectivity index (χ1v) is 6.43. The van der Waals surface area contributed by atoms with Gasteiger partial charge in [0.2, 0.25) is 5.91 Å². The number of nitrogens with one attached hydrogen (secondary N) is 1. The van der Waals surface area contributed by atoms with Gasteiger partial charge < -0.3 is 10.1 Å². The highest BCUT2D eigenvalue weighted by molar-refractivity contribution is 5.92. The average Bonchev–Trinajstić information content (AvgIpc) is 2.91. The molecule has 2 aromatic rings. The van der Waals surface area contributed by atoms with E-state index in [-0.39, 0.29) is 12.5 Å². The van der Waals surface area contributed by atoms with Crippen LogP contribution in [-0.4, -0.2) is 32.7 Å². The van der Waals surface area contributed by atoms with Gasteiger partial charge >= 0.3 is 0 Å². The van der Waals surface area contributed by atoms with E-state index in [4.69, 9.17) is 4.74 Å². The van der Waals surface area contributed by atoms with E-state index in [0.717, 1.165) is 12.0 Å². The van der Waals surface area contributed by atoms with E-state index in [1.165, 1.54) is 11.0 Å². The fourth-order valence-corrected chi connectivity index (χ4v) is 1.65. The maximum Gasteiger partial charge on any atom is 0.246 e. The molecule has 1 amide bonds. The topological polar surface area (TPSA) is 81.9 Å². The Labute approximate surface area is 116 Å². The number of aryl methyl sites for hydroxylation is 1. The minimum absolute atomic E-state index is 0.0636. The Kier molecular flexibility index (Phi) is 4.65. The van der Waals surface area contributed by atoms with Crippen molar-refractivity contribution >= 4 is 11.6 Å². The zero-order valence-corrected chi connectivity index (χ0v) is 11.5. The van der Waals surface area contributed by atoms with Crippen LogP contribution < -0.4 is 10.1 Å². The highest BCUT2D eigenvalue weighted by Crippen LogP contribution is 2.25. The standard InChI is InChI=1S/C13H17N5O2/c1-3-6-20-12-7-10(2)4-5-11(12)15-13(19)8-18-9-14-16-17-18/h4-5,7,9H,3,6,8H2,1-2H3,(H,15,19). The number of ether oxygens (including phenoxy) is 1. The first-order valence-electron chi connectivity index (χ1n) is 6.43. The van der Waals surface area contributed by atoms with Crippen LogP contribution in [0.15, 0.2) is 24.5 Å². The molecule has 0 saturated carbocycles. The molecule has 7 heteroatoms. The highest BCUT2D eigenvalue weighted by atomic mass is 16.5. The number of aromatic nitrogens is 4. The van der Waals surface area contributed by atoms with Crippen molar-refractivity contribution < 1.29 is 9.53 Å². The normalized spacial score (nSPS) is 10.3. The molecule has 0 aliphatic heterocycles. The maximum atomic E-state index is 11.9. The molecule has 20 heavy (non-hydrogen) atoms. The molecule has 0 radical (unpaired) electrons. The summed E-state index contributed by atoms with van der Waals surface area (Å²) in [5.74, 6) is 0.472. The number of benzene rings is 1. The van der Waals surface area contributed by atoms with E-state index < -0.39 is 0 Å². The van der Waals surface area contributed by atoms with Crippen LogP contribution in [0.5, 0.6) is 5.75 Å². The van der Waals surface area contributed by atoms with Gasteiger partial charge in [-0.25, -0.2) is 4.68 Å². The molecule has 0 spiro atoms. The fourth-order valence-electron chi connectivity index (χ4n) is 1.65. The van der Waals surface area contributed by atoms with Crippen molar-refractivity contribution in [1.82, 2.24) is 20.2 Å². The van der Waals surface area contributed by atoms with E-state index in [1.807, 2.05) is 32.0 Å². The summed E-state index contributed by atoms with van der Waals surface area (Å²) >= 11 is 0. The van der Waals surface area contributed by atoms with Gasteiger partial charge in [-0.2, -0.15) is 0 Å². The summed E-state index contributed by atoms with van der Waals surface area (Å²) in [5, 5.41) is 13.4. The first-order chi connectivity index (χ1) is 9.69. The van der Waals surface area contributed by atoms with Crippen LogP contribution in [0.2, 0.25) is 0 Å². The summed E-state index contributed by atoms with van der Waals surface area (Å²) < 4.78 is 7.00. The lowest BCUT2D eigenvalue weighted by molar-refractivity contribution is -0.116. The molecular weight excluding hydrogens is 258 g/mol. The van der Waals surface area contributed by atoms with Crippen molar-refractivity contribution in [3.05, 3.63) is 30.1 Å². The third-order valence-electron chi connectivity index (χ3n) is 2.57. The molecule has 0 aliphatic carbocycles. The predicted octanol–water partition coefficient (Wildman–Crippen LogP) is 1.41. The Morgan fingerprint density at radius 3 is 3.00 bits per heavy atom. The number of tetrazole rings is 1. The van der Waals surface area contributed by atoms with Crippen LogP contribution in [0.3, 0.4) is 0 Å². The van der Waals surface area contributed by atoms with Gasteiger partial charge in [0.25, 0.3) is 0 Å². The van der Waals surface area contributed by atoms with Crippen LogP contribution in [0.4, 0.5) is 5.69 Å². The largest absolute Gasteiger partial charge is 0.491 e. The molecule has 0 bridgehead atoms. The van der Waals surface area contributed by atoms with Crippen LogP contribution >= 0.6 is 0 Å². The maximum absolute atomic E-state index is 11.9. The molecule has 2 rings (SSSR count). The minimum atomic E-state index is -0.206. The first kappa shape index (κ1) is 14.0. The molecule has 0 saturated heterocycles. The summed E-state index contributed by atoms with van der Waals surface area (Å²) in [6.45, 7) is 4.69. The Bertz CT molecular complexity index is 568. The van der Waals surface area contributed by atoms with Gasteiger partial charge in [0.15, 0.2) is 0 Å². The van der Waals surface area contributed by atoms with E-state index in [9.17, 15) is 4.79 Å². The lowest BCUT2D eigenvalue weighted by atomic mass is 10.2. The number of hydrogen-bond donors (Lipinski definition) is 1. The van der Waals surface area contributed by atoms with Crippen LogP contribution in [0, 0.1) is 6.92 Å². The molecule has 1 aromatic heterocycles. The Morgan fingerprint density at radius 2 is 2.30 bits per heavy atom. The van der Waals surface area contributed by atoms with Crippen LogP contribution in [0.25, 0.3) is 0 Å². The van der Waals surface area contributed by atoms with Gasteiger partial charge in [-0.3, -0.25) is 4.79 Å². The van der Waals surface area contributed by atoms with Gasteiger partial charge in [-0.15, -0.1) is 5.10 Å². The lowest BCUT2D eigenvalue weighted by Crippen LogP contribution is -2.19. The van der Waals surface area contributed by atoms with Crippen molar-refractivity contribution in [3.8, 4) is 5.75 Å². The number of nitrogens with zero attached hydrogens (tertiary/aromatic N) is 4. The molecule has 7 nitrogen and oxygen atoms in total. The van der Waals surface area contributed by atoms with Gasteiger partial charge in [0, 0.05) is 0 Å². The van der Waals surface area contributed by atoms with Crippen LogP contribution in [-0.2, 0) is 11.3 Å². The Hall–Kier alpha value is -2.44. The molecule has 1 aromatic carbocycles. The van der Waals surface area contributed by atoms with Crippen LogP contribution in [0.1, 0.15) is 18.9 Å². The van der Waals surface area contributed by atoms with E-state index in [2.05, 4.69) is 20.8 Å². The van der Waals surface area contributed by atoms with E-state index in [0.29, 0.717) is 18.0 Å². The quantitative estimate of drug-likeness (QED) is 0.862. The van der Waals surface area contributed by atoms with Crippen molar-refractivity contribution in [3.63, 3.8) is 0 Å². The van der Waals surface area contributed by atoms with E-state index >= 15 is 0 Å². The summed E-state index contributed by atoms with van der Waals surface area (Å²) in [6.07, 6.45) is 2.30. The minimum Gasteiger partial charge on any atom is -0.491 e. The number of anilines is 1. The Balaban J connectivity index is 2.05. The van der Waals surface area contributed by atoms with Crippen molar-refractivity contribution in [1.29, 1.82) is 0 Å². The summed E-state index contributed by atoms with van der Waals surface area (Å²) in [4.78, 5) is 11.9. The molecule has 0 fully saturated rings. The molecule has 106 valence electrons. The van der Waals surface area contributed by atoms with Crippen molar-refractivity contribution in [2.24, 2.45) is 0 Å². The SMILES string of the molecule is CCCOc1cc(C)ccc1NC(=O)Cn1cnnn1. The number of carbonyl (C=O) groups is 1. The molecule has 0 unspecified atom stereocenters. The third kappa shape index (κ3) is 3.78. The predicted molar refractivity (Wildman–Crippen MR) is 73.4 cm³/mol.